The number of aromatic nitrogens is 3. The first-order chi connectivity index (χ1) is 9.10. The van der Waals surface area contributed by atoms with Crippen LogP contribution in [0.25, 0.3) is 0 Å². The first-order valence-electron chi connectivity index (χ1n) is 6.09. The highest BCUT2D eigenvalue weighted by molar-refractivity contribution is 9.10. The van der Waals surface area contributed by atoms with Gasteiger partial charge in [0.2, 0.25) is 5.82 Å². The topological polar surface area (TPSA) is 70.7 Å². The molecule has 0 radical (unpaired) electrons. The summed E-state index contributed by atoms with van der Waals surface area (Å²) in [5.74, 6) is 0.590. The van der Waals surface area contributed by atoms with Crippen molar-refractivity contribution in [3.63, 3.8) is 0 Å². The van der Waals surface area contributed by atoms with Gasteiger partial charge in [-0.05, 0) is 31.0 Å². The first-order valence-corrected chi connectivity index (χ1v) is 6.88. The van der Waals surface area contributed by atoms with Gasteiger partial charge in [0.05, 0.1) is 0 Å². The van der Waals surface area contributed by atoms with Crippen LogP contribution < -0.4 is 5.32 Å². The fraction of sp³-hybridized carbons (Fsp3) is 0.308. The summed E-state index contributed by atoms with van der Waals surface area (Å²) in [6, 6.07) is 5.63. The molecule has 1 amide bonds. The highest BCUT2D eigenvalue weighted by atomic mass is 79.9. The van der Waals surface area contributed by atoms with Gasteiger partial charge in [0.25, 0.3) is 5.91 Å². The van der Waals surface area contributed by atoms with E-state index in [-0.39, 0.29) is 11.7 Å². The van der Waals surface area contributed by atoms with Gasteiger partial charge in [-0.15, -0.1) is 5.10 Å². The van der Waals surface area contributed by atoms with Crippen LogP contribution in [0.3, 0.4) is 0 Å². The number of carbonyl (C=O) groups excluding carboxylic acids is 1. The molecular formula is C13H15BrN4O. The minimum Gasteiger partial charge on any atom is -0.319 e. The molecule has 0 saturated heterocycles. The van der Waals surface area contributed by atoms with Crippen LogP contribution in [0.15, 0.2) is 22.7 Å². The van der Waals surface area contributed by atoms with Gasteiger partial charge in [0.15, 0.2) is 0 Å². The molecule has 2 rings (SSSR count). The Morgan fingerprint density at radius 3 is 2.95 bits per heavy atom. The first kappa shape index (κ1) is 13.7. The average molecular weight is 323 g/mol. The lowest BCUT2D eigenvalue weighted by Gasteiger charge is -2.04. The number of hydrogen-bond donors (Lipinski definition) is 2. The average Bonchev–Trinajstić information content (AvgIpc) is 2.83. The minimum atomic E-state index is -0.311. The molecule has 100 valence electrons. The van der Waals surface area contributed by atoms with Crippen LogP contribution in [0.5, 0.6) is 0 Å². The number of H-pyrrole nitrogens is 1. The molecular weight excluding hydrogens is 308 g/mol. The number of aryl methyl sites for hydroxylation is 2. The maximum Gasteiger partial charge on any atom is 0.295 e. The second-order valence-electron chi connectivity index (χ2n) is 4.27. The van der Waals surface area contributed by atoms with Crippen molar-refractivity contribution in [2.45, 2.75) is 26.7 Å². The van der Waals surface area contributed by atoms with E-state index in [9.17, 15) is 4.79 Å². The van der Waals surface area contributed by atoms with E-state index in [4.69, 9.17) is 0 Å². The summed E-state index contributed by atoms with van der Waals surface area (Å²) >= 11 is 3.43. The Balaban J connectivity index is 2.09. The molecule has 19 heavy (non-hydrogen) atoms. The third-order valence-corrected chi connectivity index (χ3v) is 3.51. The lowest BCUT2D eigenvalue weighted by atomic mass is 10.2. The van der Waals surface area contributed by atoms with E-state index in [0.717, 1.165) is 28.7 Å². The Morgan fingerprint density at radius 1 is 1.47 bits per heavy atom. The molecule has 1 heterocycles. The van der Waals surface area contributed by atoms with Crippen molar-refractivity contribution in [2.24, 2.45) is 0 Å². The molecule has 0 aliphatic carbocycles. The highest BCUT2D eigenvalue weighted by Gasteiger charge is 2.12. The zero-order valence-electron chi connectivity index (χ0n) is 10.8. The SMILES string of the molecule is CCCc1nc(C(=O)Nc2ccc(C)c(Br)c2)n[nH]1. The third kappa shape index (κ3) is 3.41. The number of nitrogens with one attached hydrogen (secondary N) is 2. The molecule has 0 spiro atoms. The minimum absolute atomic E-state index is 0.167. The van der Waals surface area contributed by atoms with Crippen LogP contribution in [0.2, 0.25) is 0 Å². The van der Waals surface area contributed by atoms with E-state index in [1.165, 1.54) is 0 Å². The number of anilines is 1. The Labute approximate surface area is 120 Å². The molecule has 0 saturated carbocycles. The van der Waals surface area contributed by atoms with E-state index in [2.05, 4.69) is 36.4 Å². The van der Waals surface area contributed by atoms with Gasteiger partial charge in [-0.1, -0.05) is 28.9 Å². The smallest absolute Gasteiger partial charge is 0.295 e. The normalized spacial score (nSPS) is 10.5. The number of rotatable bonds is 4. The van der Waals surface area contributed by atoms with Crippen molar-refractivity contribution < 1.29 is 4.79 Å². The van der Waals surface area contributed by atoms with Crippen molar-refractivity contribution >= 4 is 27.5 Å². The Bertz CT molecular complexity index is 594. The fourth-order valence-electron chi connectivity index (χ4n) is 1.60. The number of benzene rings is 1. The number of carbonyl (C=O) groups is 1. The molecule has 6 heteroatoms. The summed E-state index contributed by atoms with van der Waals surface area (Å²) in [4.78, 5) is 16.1. The van der Waals surface area contributed by atoms with Crippen molar-refractivity contribution in [1.82, 2.24) is 15.2 Å². The van der Waals surface area contributed by atoms with Gasteiger partial charge in [-0.3, -0.25) is 9.89 Å². The maximum absolute atomic E-state index is 12.0. The third-order valence-electron chi connectivity index (χ3n) is 2.65. The second kappa shape index (κ2) is 5.97. The van der Waals surface area contributed by atoms with Crippen LogP contribution >= 0.6 is 15.9 Å². The zero-order chi connectivity index (χ0) is 13.8. The lowest BCUT2D eigenvalue weighted by Crippen LogP contribution is -2.13. The van der Waals surface area contributed by atoms with Gasteiger partial charge >= 0.3 is 0 Å². The fourth-order valence-corrected chi connectivity index (χ4v) is 1.98. The number of amides is 1. The molecule has 0 aliphatic heterocycles. The van der Waals surface area contributed by atoms with E-state index >= 15 is 0 Å². The van der Waals surface area contributed by atoms with Crippen LogP contribution in [0, 0.1) is 6.92 Å². The standard InChI is InChI=1S/C13H15BrN4O/c1-3-4-11-16-12(18-17-11)13(19)15-9-6-5-8(2)10(14)7-9/h5-7H,3-4H2,1-2H3,(H,15,19)(H,16,17,18). The van der Waals surface area contributed by atoms with Gasteiger partial charge in [-0.2, -0.15) is 0 Å². The molecule has 2 aromatic rings. The highest BCUT2D eigenvalue weighted by Crippen LogP contribution is 2.20. The monoisotopic (exact) mass is 322 g/mol. The Morgan fingerprint density at radius 2 is 2.26 bits per heavy atom. The Hall–Kier alpha value is -1.69. The van der Waals surface area contributed by atoms with Crippen LogP contribution in [0.1, 0.15) is 35.4 Å². The molecule has 5 nitrogen and oxygen atoms in total. The van der Waals surface area contributed by atoms with Crippen molar-refractivity contribution in [1.29, 1.82) is 0 Å². The molecule has 0 bridgehead atoms. The van der Waals surface area contributed by atoms with E-state index in [0.29, 0.717) is 5.69 Å². The molecule has 2 N–H and O–H groups in total. The number of halogens is 1. The maximum atomic E-state index is 12.0. The predicted octanol–water partition coefficient (Wildman–Crippen LogP) is 3.08. The summed E-state index contributed by atoms with van der Waals surface area (Å²) in [5.41, 5.74) is 1.82. The largest absolute Gasteiger partial charge is 0.319 e. The zero-order valence-corrected chi connectivity index (χ0v) is 12.4. The molecule has 0 unspecified atom stereocenters. The summed E-state index contributed by atoms with van der Waals surface area (Å²) in [5, 5.41) is 9.44. The summed E-state index contributed by atoms with van der Waals surface area (Å²) in [7, 11) is 0. The van der Waals surface area contributed by atoms with Crippen LogP contribution in [0.4, 0.5) is 5.69 Å². The lowest BCUT2D eigenvalue weighted by molar-refractivity contribution is 0.101. The van der Waals surface area contributed by atoms with Gasteiger partial charge in [-0.25, -0.2) is 4.98 Å². The Kier molecular flexibility index (Phi) is 4.31. The van der Waals surface area contributed by atoms with Gasteiger partial charge < -0.3 is 5.32 Å². The number of nitrogens with zero attached hydrogens (tertiary/aromatic N) is 2. The quantitative estimate of drug-likeness (QED) is 0.908. The summed E-state index contributed by atoms with van der Waals surface area (Å²) in [6.45, 7) is 4.04. The summed E-state index contributed by atoms with van der Waals surface area (Å²) < 4.78 is 0.951. The molecule has 1 aromatic heterocycles. The summed E-state index contributed by atoms with van der Waals surface area (Å²) in [6.07, 6.45) is 1.75. The van der Waals surface area contributed by atoms with E-state index in [1.807, 2.05) is 32.0 Å². The van der Waals surface area contributed by atoms with Gasteiger partial charge in [0.1, 0.15) is 5.82 Å². The molecule has 1 aromatic carbocycles. The second-order valence-corrected chi connectivity index (χ2v) is 5.13. The van der Waals surface area contributed by atoms with Gasteiger partial charge in [0, 0.05) is 16.6 Å². The van der Waals surface area contributed by atoms with E-state index < -0.39 is 0 Å². The predicted molar refractivity (Wildman–Crippen MR) is 77.2 cm³/mol. The van der Waals surface area contributed by atoms with Crippen molar-refractivity contribution in [2.75, 3.05) is 5.32 Å². The van der Waals surface area contributed by atoms with Crippen LogP contribution in [-0.2, 0) is 6.42 Å². The van der Waals surface area contributed by atoms with Crippen LogP contribution in [-0.4, -0.2) is 21.1 Å². The molecule has 0 atom stereocenters. The van der Waals surface area contributed by atoms with Crippen molar-refractivity contribution in [3.05, 3.63) is 39.9 Å². The number of aromatic amines is 1. The molecule has 0 fully saturated rings. The number of hydrogen-bond acceptors (Lipinski definition) is 3. The van der Waals surface area contributed by atoms with Crippen molar-refractivity contribution in [3.8, 4) is 0 Å². The molecule has 0 aliphatic rings. The van der Waals surface area contributed by atoms with E-state index in [1.54, 1.807) is 0 Å².